The van der Waals surface area contributed by atoms with Gasteiger partial charge in [-0.1, -0.05) is 39.1 Å². The summed E-state index contributed by atoms with van der Waals surface area (Å²) < 4.78 is 28.0. The van der Waals surface area contributed by atoms with Crippen molar-refractivity contribution < 1.29 is 8.42 Å². The number of sulfonamides is 1. The van der Waals surface area contributed by atoms with E-state index in [-0.39, 0.29) is 20.9 Å². The van der Waals surface area contributed by atoms with E-state index in [4.69, 9.17) is 23.2 Å². The van der Waals surface area contributed by atoms with Gasteiger partial charge in [0.05, 0.1) is 0 Å². The first-order valence-corrected chi connectivity index (χ1v) is 8.77. The number of hydrogen-bond acceptors (Lipinski definition) is 4. The van der Waals surface area contributed by atoms with Crippen molar-refractivity contribution in [3.8, 4) is 0 Å². The van der Waals surface area contributed by atoms with Gasteiger partial charge < -0.3 is 0 Å². The summed E-state index contributed by atoms with van der Waals surface area (Å²) >= 11 is 18.0. The first-order valence-electron chi connectivity index (χ1n) is 4.95. The molecule has 0 aliphatic carbocycles. The zero-order valence-electron chi connectivity index (χ0n) is 9.44. The van der Waals surface area contributed by atoms with Gasteiger partial charge in [-0.15, -0.1) is 0 Å². The molecule has 0 bridgehead atoms. The van der Waals surface area contributed by atoms with Crippen LogP contribution in [0, 0.1) is 0 Å². The summed E-state index contributed by atoms with van der Waals surface area (Å²) in [6.07, 6.45) is 1.14. The van der Waals surface area contributed by atoms with E-state index in [1.165, 1.54) is 6.07 Å². The SMILES string of the molecule is O=S(=O)(Nc1c(Cl)ncnc1Cl)c1cc(Br)ccc1Br. The Morgan fingerprint density at radius 3 is 2.30 bits per heavy atom. The maximum atomic E-state index is 12.3. The van der Waals surface area contributed by atoms with E-state index in [0.29, 0.717) is 8.95 Å². The number of rotatable bonds is 3. The first-order chi connectivity index (χ1) is 9.31. The van der Waals surface area contributed by atoms with Crippen molar-refractivity contribution in [1.82, 2.24) is 9.97 Å². The molecule has 20 heavy (non-hydrogen) atoms. The van der Waals surface area contributed by atoms with Gasteiger partial charge in [0.25, 0.3) is 10.0 Å². The molecule has 0 spiro atoms. The van der Waals surface area contributed by atoms with E-state index in [9.17, 15) is 8.42 Å². The molecule has 0 radical (unpaired) electrons. The first kappa shape index (κ1) is 16.0. The van der Waals surface area contributed by atoms with Crippen molar-refractivity contribution in [3.63, 3.8) is 0 Å². The average Bonchev–Trinajstić information content (AvgIpc) is 2.37. The Morgan fingerprint density at radius 1 is 1.10 bits per heavy atom. The van der Waals surface area contributed by atoms with Gasteiger partial charge in [0.2, 0.25) is 0 Å². The Morgan fingerprint density at radius 2 is 1.70 bits per heavy atom. The van der Waals surface area contributed by atoms with Crippen LogP contribution in [0.2, 0.25) is 10.3 Å². The minimum absolute atomic E-state index is 0.0304. The lowest BCUT2D eigenvalue weighted by molar-refractivity contribution is 0.600. The standard InChI is InChI=1S/C10H5Br2Cl2N3O2S/c11-5-1-2-6(12)7(3-5)20(18,19)17-8-9(13)15-4-16-10(8)14/h1-4,17H. The summed E-state index contributed by atoms with van der Waals surface area (Å²) in [5.41, 5.74) is -0.0669. The monoisotopic (exact) mass is 459 g/mol. The van der Waals surface area contributed by atoms with Gasteiger partial charge in [-0.05, 0) is 34.1 Å². The number of benzene rings is 1. The van der Waals surface area contributed by atoms with E-state index < -0.39 is 10.0 Å². The van der Waals surface area contributed by atoms with Crippen molar-refractivity contribution in [2.45, 2.75) is 4.90 Å². The maximum Gasteiger partial charge on any atom is 0.263 e. The van der Waals surface area contributed by atoms with Crippen LogP contribution in [0.3, 0.4) is 0 Å². The second kappa shape index (κ2) is 6.15. The third kappa shape index (κ3) is 3.43. The topological polar surface area (TPSA) is 72.0 Å². The van der Waals surface area contributed by atoms with Gasteiger partial charge in [0, 0.05) is 8.95 Å². The summed E-state index contributed by atoms with van der Waals surface area (Å²) in [7, 11) is -3.89. The highest BCUT2D eigenvalue weighted by Gasteiger charge is 2.21. The fraction of sp³-hybridized carbons (Fsp3) is 0. The van der Waals surface area contributed by atoms with Crippen LogP contribution in [0.4, 0.5) is 5.69 Å². The Hall–Kier alpha value is -0.410. The molecule has 0 atom stereocenters. The molecule has 0 amide bonds. The summed E-state index contributed by atoms with van der Waals surface area (Å²) in [4.78, 5) is 7.39. The van der Waals surface area contributed by atoms with Crippen LogP contribution < -0.4 is 4.72 Å². The lowest BCUT2D eigenvalue weighted by Crippen LogP contribution is -2.15. The molecule has 1 aromatic heterocycles. The summed E-state index contributed by atoms with van der Waals surface area (Å²) in [6.45, 7) is 0. The maximum absolute atomic E-state index is 12.3. The average molecular weight is 462 g/mol. The summed E-state index contributed by atoms with van der Waals surface area (Å²) in [5, 5.41) is -0.167. The molecule has 1 N–H and O–H groups in total. The van der Waals surface area contributed by atoms with Crippen LogP contribution in [-0.2, 0) is 10.0 Å². The second-order valence-corrected chi connectivity index (χ2v) is 7.65. The highest BCUT2D eigenvalue weighted by atomic mass is 79.9. The van der Waals surface area contributed by atoms with Crippen LogP contribution in [-0.4, -0.2) is 18.4 Å². The molecule has 0 aliphatic rings. The molecular weight excluding hydrogens is 457 g/mol. The predicted molar refractivity (Wildman–Crippen MR) is 84.7 cm³/mol. The fourth-order valence-corrected chi connectivity index (χ4v) is 4.40. The van der Waals surface area contributed by atoms with Gasteiger partial charge >= 0.3 is 0 Å². The molecule has 2 aromatic rings. The molecule has 1 aromatic carbocycles. The van der Waals surface area contributed by atoms with Crippen LogP contribution in [0.5, 0.6) is 0 Å². The molecule has 0 unspecified atom stereocenters. The molecule has 10 heteroatoms. The number of anilines is 1. The summed E-state index contributed by atoms with van der Waals surface area (Å²) in [6, 6.07) is 4.75. The third-order valence-electron chi connectivity index (χ3n) is 2.17. The van der Waals surface area contributed by atoms with Crippen molar-refractivity contribution in [2.24, 2.45) is 0 Å². The van der Waals surface area contributed by atoms with Gasteiger partial charge in [-0.3, -0.25) is 4.72 Å². The quantitative estimate of drug-likeness (QED) is 0.698. The van der Waals surface area contributed by atoms with E-state index in [1.54, 1.807) is 12.1 Å². The minimum atomic E-state index is -3.89. The van der Waals surface area contributed by atoms with Crippen molar-refractivity contribution in [3.05, 3.63) is 43.8 Å². The van der Waals surface area contributed by atoms with E-state index in [0.717, 1.165) is 6.33 Å². The van der Waals surface area contributed by atoms with E-state index >= 15 is 0 Å². The number of hydrogen-bond donors (Lipinski definition) is 1. The molecule has 0 saturated carbocycles. The van der Waals surface area contributed by atoms with Crippen LogP contribution in [0.1, 0.15) is 0 Å². The molecule has 1 heterocycles. The van der Waals surface area contributed by atoms with Gasteiger partial charge in [-0.25, -0.2) is 18.4 Å². The highest BCUT2D eigenvalue weighted by molar-refractivity contribution is 9.11. The van der Waals surface area contributed by atoms with Crippen LogP contribution in [0.15, 0.2) is 38.4 Å². The lowest BCUT2D eigenvalue weighted by Gasteiger charge is -2.11. The minimum Gasteiger partial charge on any atom is -0.274 e. The van der Waals surface area contributed by atoms with Crippen molar-refractivity contribution in [2.75, 3.05) is 4.72 Å². The predicted octanol–water partition coefficient (Wildman–Crippen LogP) is 4.11. The molecule has 5 nitrogen and oxygen atoms in total. The normalized spacial score (nSPS) is 11.4. The number of nitrogens with zero attached hydrogens (tertiary/aromatic N) is 2. The second-order valence-electron chi connectivity index (χ2n) is 3.51. The molecule has 106 valence electrons. The van der Waals surface area contributed by atoms with Crippen molar-refractivity contribution >= 4 is 70.8 Å². The number of aromatic nitrogens is 2. The summed E-state index contributed by atoms with van der Waals surface area (Å²) in [5.74, 6) is 0. The van der Waals surface area contributed by atoms with E-state index in [1.807, 2.05) is 0 Å². The number of halogens is 4. The molecule has 0 fully saturated rings. The Bertz CT molecular complexity index is 751. The zero-order valence-corrected chi connectivity index (χ0v) is 14.9. The molecule has 0 saturated heterocycles. The Labute approximate surface area is 142 Å². The smallest absolute Gasteiger partial charge is 0.263 e. The lowest BCUT2D eigenvalue weighted by atomic mass is 10.4. The highest BCUT2D eigenvalue weighted by Crippen LogP contribution is 2.31. The molecular formula is C10H5Br2Cl2N3O2S. The van der Waals surface area contributed by atoms with Crippen molar-refractivity contribution in [1.29, 1.82) is 0 Å². The third-order valence-corrected chi connectivity index (χ3v) is 5.58. The van der Waals surface area contributed by atoms with Crippen LogP contribution >= 0.6 is 55.1 Å². The zero-order chi connectivity index (χ0) is 14.9. The Kier molecular flexibility index (Phi) is 4.91. The Balaban J connectivity index is 2.49. The van der Waals surface area contributed by atoms with E-state index in [2.05, 4.69) is 46.5 Å². The largest absolute Gasteiger partial charge is 0.274 e. The van der Waals surface area contributed by atoms with Crippen LogP contribution in [0.25, 0.3) is 0 Å². The van der Waals surface area contributed by atoms with Gasteiger partial charge in [-0.2, -0.15) is 0 Å². The molecule has 2 rings (SSSR count). The molecule has 0 aliphatic heterocycles. The van der Waals surface area contributed by atoms with Gasteiger partial charge in [0.15, 0.2) is 10.3 Å². The van der Waals surface area contributed by atoms with Gasteiger partial charge in [0.1, 0.15) is 16.9 Å². The fourth-order valence-electron chi connectivity index (χ4n) is 1.30. The number of nitrogens with one attached hydrogen (secondary N) is 1.